The van der Waals surface area contributed by atoms with Crippen LogP contribution in [0.1, 0.15) is 48.5 Å². The maximum atomic E-state index is 12.6. The standard InChI is InChI=1S/C19H23F3N2O4/c1-2-28-17(26)8-7-16(25)24-11-9-15(10-12-24)23-18(27)13-3-5-14(6-4-13)19(20,21)22/h3-6,15H,2,7-12H2,1H3,(H,23,27). The van der Waals surface area contributed by atoms with Gasteiger partial charge in [-0.15, -0.1) is 0 Å². The highest BCUT2D eigenvalue weighted by Gasteiger charge is 2.30. The number of carbonyl (C=O) groups is 3. The fraction of sp³-hybridized carbons (Fsp3) is 0.526. The van der Waals surface area contributed by atoms with Crippen molar-refractivity contribution in [2.45, 2.75) is 44.8 Å². The summed E-state index contributed by atoms with van der Waals surface area (Å²) in [4.78, 5) is 37.3. The van der Waals surface area contributed by atoms with E-state index in [4.69, 9.17) is 4.74 Å². The van der Waals surface area contributed by atoms with Gasteiger partial charge in [0, 0.05) is 31.1 Å². The average Bonchev–Trinajstić information content (AvgIpc) is 2.66. The highest BCUT2D eigenvalue weighted by Crippen LogP contribution is 2.29. The Kier molecular flexibility index (Phi) is 7.42. The molecule has 0 spiro atoms. The molecule has 1 N–H and O–H groups in total. The molecular formula is C19H23F3N2O4. The van der Waals surface area contributed by atoms with Gasteiger partial charge in [-0.1, -0.05) is 0 Å². The Labute approximate surface area is 161 Å². The topological polar surface area (TPSA) is 75.7 Å². The molecule has 1 aromatic rings. The summed E-state index contributed by atoms with van der Waals surface area (Å²) in [7, 11) is 0. The number of rotatable bonds is 6. The number of halogens is 3. The van der Waals surface area contributed by atoms with E-state index in [0.717, 1.165) is 24.3 Å². The van der Waals surface area contributed by atoms with E-state index < -0.39 is 23.6 Å². The van der Waals surface area contributed by atoms with Crippen molar-refractivity contribution in [1.82, 2.24) is 10.2 Å². The molecule has 6 nitrogen and oxygen atoms in total. The van der Waals surface area contributed by atoms with Crippen LogP contribution in [0, 0.1) is 0 Å². The molecule has 1 aliphatic heterocycles. The molecule has 1 aromatic carbocycles. The minimum absolute atomic E-state index is 0.0389. The molecular weight excluding hydrogens is 377 g/mol. The SMILES string of the molecule is CCOC(=O)CCC(=O)N1CCC(NC(=O)c2ccc(C(F)(F)F)cc2)CC1. The Morgan fingerprint density at radius 3 is 2.25 bits per heavy atom. The van der Waals surface area contributed by atoms with Crippen LogP contribution in [0.4, 0.5) is 13.2 Å². The molecule has 1 heterocycles. The molecule has 2 amide bonds. The zero-order valence-corrected chi connectivity index (χ0v) is 15.6. The van der Waals surface area contributed by atoms with Crippen LogP contribution in [0.5, 0.6) is 0 Å². The molecule has 0 saturated carbocycles. The van der Waals surface area contributed by atoms with Crippen LogP contribution >= 0.6 is 0 Å². The number of carbonyl (C=O) groups excluding carboxylic acids is 3. The Morgan fingerprint density at radius 1 is 1.11 bits per heavy atom. The molecule has 154 valence electrons. The maximum Gasteiger partial charge on any atom is 0.416 e. The van der Waals surface area contributed by atoms with Gasteiger partial charge in [-0.2, -0.15) is 13.2 Å². The van der Waals surface area contributed by atoms with Crippen LogP contribution in [0.25, 0.3) is 0 Å². The van der Waals surface area contributed by atoms with Crippen molar-refractivity contribution in [3.05, 3.63) is 35.4 Å². The van der Waals surface area contributed by atoms with Crippen molar-refractivity contribution < 1.29 is 32.3 Å². The number of ether oxygens (including phenoxy) is 1. The lowest BCUT2D eigenvalue weighted by molar-refractivity contribution is -0.146. The number of piperidine rings is 1. The molecule has 0 aliphatic carbocycles. The number of amides is 2. The van der Waals surface area contributed by atoms with Gasteiger partial charge in [-0.3, -0.25) is 14.4 Å². The van der Waals surface area contributed by atoms with Crippen molar-refractivity contribution in [2.24, 2.45) is 0 Å². The van der Waals surface area contributed by atoms with Crippen LogP contribution in [0.3, 0.4) is 0 Å². The van der Waals surface area contributed by atoms with Crippen molar-refractivity contribution in [3.8, 4) is 0 Å². The van der Waals surface area contributed by atoms with Gasteiger partial charge < -0.3 is 15.0 Å². The second-order valence-electron chi connectivity index (χ2n) is 6.51. The largest absolute Gasteiger partial charge is 0.466 e. The summed E-state index contributed by atoms with van der Waals surface area (Å²) in [6, 6.07) is 3.88. The fourth-order valence-corrected chi connectivity index (χ4v) is 2.95. The van der Waals surface area contributed by atoms with E-state index in [1.54, 1.807) is 11.8 Å². The smallest absolute Gasteiger partial charge is 0.416 e. The monoisotopic (exact) mass is 400 g/mol. The quantitative estimate of drug-likeness (QED) is 0.745. The number of likely N-dealkylation sites (tertiary alicyclic amines) is 1. The Morgan fingerprint density at radius 2 is 1.71 bits per heavy atom. The summed E-state index contributed by atoms with van der Waals surface area (Å²) in [5.41, 5.74) is -0.653. The Balaban J connectivity index is 1.78. The summed E-state index contributed by atoms with van der Waals surface area (Å²) < 4.78 is 42.5. The van der Waals surface area contributed by atoms with E-state index in [2.05, 4.69) is 5.32 Å². The number of nitrogens with zero attached hydrogens (tertiary/aromatic N) is 1. The lowest BCUT2D eigenvalue weighted by Gasteiger charge is -2.32. The summed E-state index contributed by atoms with van der Waals surface area (Å²) in [6.45, 7) is 2.86. The van der Waals surface area contributed by atoms with E-state index in [1.807, 2.05) is 0 Å². The third kappa shape index (κ3) is 6.24. The van der Waals surface area contributed by atoms with Crippen LogP contribution < -0.4 is 5.32 Å². The Hall–Kier alpha value is -2.58. The predicted octanol–water partition coefficient (Wildman–Crippen LogP) is 2.77. The first-order valence-electron chi connectivity index (χ1n) is 9.12. The molecule has 0 radical (unpaired) electrons. The predicted molar refractivity (Wildman–Crippen MR) is 94.4 cm³/mol. The molecule has 1 aliphatic rings. The molecule has 2 rings (SSSR count). The molecule has 1 saturated heterocycles. The van der Waals surface area contributed by atoms with Crippen LogP contribution in [-0.4, -0.2) is 48.4 Å². The molecule has 1 fully saturated rings. The summed E-state index contributed by atoms with van der Waals surface area (Å²) in [6.07, 6.45) is -3.24. The highest BCUT2D eigenvalue weighted by atomic mass is 19.4. The van der Waals surface area contributed by atoms with Gasteiger partial charge in [0.25, 0.3) is 5.91 Å². The van der Waals surface area contributed by atoms with E-state index in [1.165, 1.54) is 0 Å². The van der Waals surface area contributed by atoms with Gasteiger partial charge in [0.1, 0.15) is 0 Å². The van der Waals surface area contributed by atoms with Gasteiger partial charge >= 0.3 is 12.1 Å². The molecule has 0 bridgehead atoms. The van der Waals surface area contributed by atoms with Crippen molar-refractivity contribution >= 4 is 17.8 Å². The van der Waals surface area contributed by atoms with Gasteiger partial charge in [-0.25, -0.2) is 0 Å². The van der Waals surface area contributed by atoms with Crippen LogP contribution in [0.15, 0.2) is 24.3 Å². The number of hydrogen-bond donors (Lipinski definition) is 1. The van der Waals surface area contributed by atoms with Crippen molar-refractivity contribution in [1.29, 1.82) is 0 Å². The number of hydrogen-bond acceptors (Lipinski definition) is 4. The van der Waals surface area contributed by atoms with Gasteiger partial charge in [0.2, 0.25) is 5.91 Å². The first kappa shape index (κ1) is 21.7. The second-order valence-corrected chi connectivity index (χ2v) is 6.51. The minimum atomic E-state index is -4.44. The first-order valence-corrected chi connectivity index (χ1v) is 9.12. The van der Waals surface area contributed by atoms with E-state index in [0.29, 0.717) is 25.9 Å². The van der Waals surface area contributed by atoms with Crippen molar-refractivity contribution in [2.75, 3.05) is 19.7 Å². The van der Waals surface area contributed by atoms with Crippen molar-refractivity contribution in [3.63, 3.8) is 0 Å². The summed E-state index contributed by atoms with van der Waals surface area (Å²) in [5.74, 6) is -0.990. The first-order chi connectivity index (χ1) is 13.2. The third-order valence-electron chi connectivity index (χ3n) is 4.51. The summed E-state index contributed by atoms with van der Waals surface area (Å²) >= 11 is 0. The van der Waals surface area contributed by atoms with Crippen LogP contribution in [-0.2, 0) is 20.5 Å². The van der Waals surface area contributed by atoms with Crippen LogP contribution in [0.2, 0.25) is 0 Å². The average molecular weight is 400 g/mol. The zero-order valence-electron chi connectivity index (χ0n) is 15.6. The lowest BCUT2D eigenvalue weighted by Crippen LogP contribution is -2.46. The highest BCUT2D eigenvalue weighted by molar-refractivity contribution is 5.94. The summed E-state index contributed by atoms with van der Waals surface area (Å²) in [5, 5.41) is 2.79. The normalized spacial score (nSPS) is 15.2. The van der Waals surface area contributed by atoms with Gasteiger partial charge in [-0.05, 0) is 44.0 Å². The molecule has 28 heavy (non-hydrogen) atoms. The lowest BCUT2D eigenvalue weighted by atomic mass is 10.0. The number of esters is 1. The molecule has 0 unspecified atom stereocenters. The second kappa shape index (κ2) is 9.57. The van der Waals surface area contributed by atoms with Gasteiger partial charge in [0.15, 0.2) is 0 Å². The van der Waals surface area contributed by atoms with E-state index in [-0.39, 0.29) is 37.0 Å². The number of alkyl halides is 3. The molecule has 9 heteroatoms. The van der Waals surface area contributed by atoms with E-state index >= 15 is 0 Å². The van der Waals surface area contributed by atoms with Gasteiger partial charge in [0.05, 0.1) is 18.6 Å². The molecule has 0 atom stereocenters. The zero-order chi connectivity index (χ0) is 20.7. The third-order valence-corrected chi connectivity index (χ3v) is 4.51. The maximum absolute atomic E-state index is 12.6. The molecule has 0 aromatic heterocycles. The van der Waals surface area contributed by atoms with E-state index in [9.17, 15) is 27.6 Å². The number of nitrogens with one attached hydrogen (secondary N) is 1. The number of benzene rings is 1. The fourth-order valence-electron chi connectivity index (χ4n) is 2.95. The Bertz CT molecular complexity index is 696. The minimum Gasteiger partial charge on any atom is -0.466 e.